The summed E-state index contributed by atoms with van der Waals surface area (Å²) in [6, 6.07) is 3.56. The molecular formula is C10H15N2O6P. The highest BCUT2D eigenvalue weighted by Gasteiger charge is 2.22. The van der Waals surface area contributed by atoms with Gasteiger partial charge < -0.3 is 9.42 Å². The van der Waals surface area contributed by atoms with Crippen molar-refractivity contribution in [1.82, 2.24) is 0 Å². The average Bonchev–Trinajstić information content (AvgIpc) is 2.30. The van der Waals surface area contributed by atoms with E-state index in [0.717, 1.165) is 6.07 Å². The third-order valence-corrected chi connectivity index (χ3v) is 2.91. The largest absolute Gasteiger partial charge is 0.524 e. The van der Waals surface area contributed by atoms with Crippen LogP contribution in [0.5, 0.6) is 5.75 Å². The summed E-state index contributed by atoms with van der Waals surface area (Å²) in [5, 5.41) is 10.7. The second-order valence-electron chi connectivity index (χ2n) is 3.66. The molecule has 0 aliphatic carbocycles. The first-order valence-corrected chi connectivity index (χ1v) is 7.10. The fourth-order valence-electron chi connectivity index (χ4n) is 1.64. The molecule has 0 unspecified atom stereocenters. The lowest BCUT2D eigenvalue weighted by atomic mass is 10.2. The van der Waals surface area contributed by atoms with Gasteiger partial charge in [-0.15, -0.1) is 0 Å². The van der Waals surface area contributed by atoms with Crippen molar-refractivity contribution in [2.45, 2.75) is 13.8 Å². The quantitative estimate of drug-likeness (QED) is 0.467. The van der Waals surface area contributed by atoms with Crippen LogP contribution in [0.15, 0.2) is 18.2 Å². The first-order chi connectivity index (χ1) is 8.78. The summed E-state index contributed by atoms with van der Waals surface area (Å²) in [4.78, 5) is 29.5. The zero-order valence-corrected chi connectivity index (χ0v) is 11.4. The fraction of sp³-hybridized carbons (Fsp3) is 0.400. The Hall–Kier alpha value is -1.63. The molecule has 0 spiro atoms. The Morgan fingerprint density at radius 2 is 1.95 bits per heavy atom. The zero-order chi connectivity index (χ0) is 14.6. The van der Waals surface area contributed by atoms with Crippen molar-refractivity contribution in [3.8, 4) is 5.75 Å². The van der Waals surface area contributed by atoms with Gasteiger partial charge >= 0.3 is 7.82 Å². The number of hydrogen-bond acceptors (Lipinski definition) is 5. The third-order valence-electron chi connectivity index (χ3n) is 2.47. The monoisotopic (exact) mass is 290 g/mol. The molecule has 1 aromatic carbocycles. The Bertz CT molecular complexity index is 511. The lowest BCUT2D eigenvalue weighted by molar-refractivity contribution is -0.384. The first kappa shape index (κ1) is 15.4. The van der Waals surface area contributed by atoms with Gasteiger partial charge in [-0.3, -0.25) is 19.9 Å². The molecule has 1 aromatic rings. The lowest BCUT2D eigenvalue weighted by Crippen LogP contribution is -2.22. The standard InChI is InChI=1S/C10H15N2O6P/c1-3-11(4-2)9-7-8(12(13)14)5-6-10(9)18-19(15,16)17/h5-7H,3-4H2,1-2H3,(H2,15,16,17). The molecule has 0 saturated carbocycles. The summed E-state index contributed by atoms with van der Waals surface area (Å²) in [6.45, 7) is 4.69. The third kappa shape index (κ3) is 4.20. The second kappa shape index (κ2) is 6.01. The number of rotatable bonds is 6. The van der Waals surface area contributed by atoms with Crippen molar-refractivity contribution in [2.24, 2.45) is 0 Å². The van der Waals surface area contributed by atoms with E-state index in [1.165, 1.54) is 12.1 Å². The van der Waals surface area contributed by atoms with Crippen LogP contribution in [-0.2, 0) is 4.57 Å². The van der Waals surface area contributed by atoms with E-state index in [4.69, 9.17) is 9.79 Å². The number of phosphoric acid groups is 1. The smallest absolute Gasteiger partial charge is 0.402 e. The highest BCUT2D eigenvalue weighted by atomic mass is 31.2. The molecule has 2 N–H and O–H groups in total. The maximum atomic E-state index is 10.9. The van der Waals surface area contributed by atoms with Gasteiger partial charge in [-0.2, -0.15) is 0 Å². The summed E-state index contributed by atoms with van der Waals surface area (Å²) in [7, 11) is -4.71. The number of non-ortho nitro benzene ring substituents is 1. The van der Waals surface area contributed by atoms with Crippen LogP contribution >= 0.6 is 7.82 Å². The number of hydrogen-bond donors (Lipinski definition) is 2. The molecule has 8 nitrogen and oxygen atoms in total. The van der Waals surface area contributed by atoms with Gasteiger partial charge in [-0.05, 0) is 19.9 Å². The van der Waals surface area contributed by atoms with Crippen molar-refractivity contribution in [3.63, 3.8) is 0 Å². The van der Waals surface area contributed by atoms with Gasteiger partial charge in [0.15, 0.2) is 5.75 Å². The SMILES string of the molecule is CCN(CC)c1cc([N+](=O)[O-])ccc1OP(=O)(O)O. The molecule has 0 aliphatic rings. The molecule has 0 radical (unpaired) electrons. The normalized spacial score (nSPS) is 11.2. The Morgan fingerprint density at radius 1 is 1.37 bits per heavy atom. The maximum Gasteiger partial charge on any atom is 0.524 e. The highest BCUT2D eigenvalue weighted by molar-refractivity contribution is 7.46. The zero-order valence-electron chi connectivity index (χ0n) is 10.5. The van der Waals surface area contributed by atoms with Gasteiger partial charge in [0.1, 0.15) is 0 Å². The molecular weight excluding hydrogens is 275 g/mol. The lowest BCUT2D eigenvalue weighted by Gasteiger charge is -2.23. The molecule has 0 heterocycles. The van der Waals surface area contributed by atoms with Gasteiger partial charge in [-0.25, -0.2) is 4.57 Å². The molecule has 0 aliphatic heterocycles. The van der Waals surface area contributed by atoms with Gasteiger partial charge in [0.05, 0.1) is 10.6 Å². The molecule has 1 rings (SSSR count). The topological polar surface area (TPSA) is 113 Å². The summed E-state index contributed by atoms with van der Waals surface area (Å²) in [5.41, 5.74) is 0.113. The molecule has 0 fully saturated rings. The van der Waals surface area contributed by atoms with E-state index in [2.05, 4.69) is 4.52 Å². The van der Waals surface area contributed by atoms with Crippen LogP contribution in [0.4, 0.5) is 11.4 Å². The van der Waals surface area contributed by atoms with Gasteiger partial charge in [0.2, 0.25) is 0 Å². The van der Waals surface area contributed by atoms with E-state index in [1.54, 1.807) is 4.90 Å². The van der Waals surface area contributed by atoms with E-state index in [-0.39, 0.29) is 17.1 Å². The van der Waals surface area contributed by atoms with E-state index in [9.17, 15) is 14.7 Å². The number of nitro benzene ring substituents is 1. The number of phosphoric ester groups is 1. The molecule has 9 heteroatoms. The predicted octanol–water partition coefficient (Wildman–Crippen LogP) is 1.91. The van der Waals surface area contributed by atoms with Crippen LogP contribution in [0, 0.1) is 10.1 Å². The maximum absolute atomic E-state index is 10.9. The van der Waals surface area contributed by atoms with E-state index in [0.29, 0.717) is 13.1 Å². The molecule has 0 saturated heterocycles. The molecule has 0 bridgehead atoms. The van der Waals surface area contributed by atoms with Crippen LogP contribution in [0.2, 0.25) is 0 Å². The minimum atomic E-state index is -4.71. The van der Waals surface area contributed by atoms with Crippen LogP contribution in [0.1, 0.15) is 13.8 Å². The Balaban J connectivity index is 3.29. The summed E-state index contributed by atoms with van der Waals surface area (Å²) in [6.07, 6.45) is 0. The predicted molar refractivity (Wildman–Crippen MR) is 69.3 cm³/mol. The van der Waals surface area contributed by atoms with Crippen LogP contribution in [0.3, 0.4) is 0 Å². The number of nitro groups is 1. The first-order valence-electron chi connectivity index (χ1n) is 5.57. The minimum absolute atomic E-state index is 0.0809. The Labute approximate surface area is 110 Å². The van der Waals surface area contributed by atoms with Gasteiger partial charge in [0.25, 0.3) is 5.69 Å². The fourth-order valence-corrected chi connectivity index (χ4v) is 2.05. The molecule has 0 aromatic heterocycles. The van der Waals surface area contributed by atoms with Crippen molar-refractivity contribution in [2.75, 3.05) is 18.0 Å². The number of anilines is 1. The van der Waals surface area contributed by atoms with Crippen LogP contribution in [-0.4, -0.2) is 27.8 Å². The van der Waals surface area contributed by atoms with E-state index >= 15 is 0 Å². The Kier molecular flexibility index (Phi) is 4.88. The van der Waals surface area contributed by atoms with Crippen molar-refractivity contribution in [1.29, 1.82) is 0 Å². The summed E-state index contributed by atoms with van der Waals surface area (Å²) in [5.74, 6) is -0.0809. The van der Waals surface area contributed by atoms with Crippen molar-refractivity contribution < 1.29 is 23.8 Å². The van der Waals surface area contributed by atoms with Crippen molar-refractivity contribution in [3.05, 3.63) is 28.3 Å². The molecule has 0 amide bonds. The number of nitrogens with zero attached hydrogens (tertiary/aromatic N) is 2. The molecule has 19 heavy (non-hydrogen) atoms. The van der Waals surface area contributed by atoms with Crippen LogP contribution in [0.25, 0.3) is 0 Å². The van der Waals surface area contributed by atoms with E-state index < -0.39 is 12.7 Å². The minimum Gasteiger partial charge on any atom is -0.402 e. The average molecular weight is 290 g/mol. The van der Waals surface area contributed by atoms with E-state index in [1.807, 2.05) is 13.8 Å². The summed E-state index contributed by atoms with van der Waals surface area (Å²) < 4.78 is 15.4. The van der Waals surface area contributed by atoms with Crippen LogP contribution < -0.4 is 9.42 Å². The second-order valence-corrected chi connectivity index (χ2v) is 4.83. The summed E-state index contributed by atoms with van der Waals surface area (Å²) >= 11 is 0. The highest BCUT2D eigenvalue weighted by Crippen LogP contribution is 2.43. The number of benzene rings is 1. The molecule has 106 valence electrons. The molecule has 0 atom stereocenters. The Morgan fingerprint density at radius 3 is 2.37 bits per heavy atom. The van der Waals surface area contributed by atoms with Crippen molar-refractivity contribution >= 4 is 19.2 Å². The van der Waals surface area contributed by atoms with Gasteiger partial charge in [-0.1, -0.05) is 0 Å². The van der Waals surface area contributed by atoms with Gasteiger partial charge in [0, 0.05) is 25.2 Å².